The van der Waals surface area contributed by atoms with Gasteiger partial charge in [0.2, 0.25) is 0 Å². The summed E-state index contributed by atoms with van der Waals surface area (Å²) in [6.45, 7) is 0. The van der Waals surface area contributed by atoms with Crippen LogP contribution in [0.15, 0.2) is 35.8 Å². The molecule has 128 valence electrons. The lowest BCUT2D eigenvalue weighted by molar-refractivity contribution is 0.102. The van der Waals surface area contributed by atoms with Crippen molar-refractivity contribution in [1.82, 2.24) is 4.98 Å². The van der Waals surface area contributed by atoms with Gasteiger partial charge in [-0.3, -0.25) is 10.1 Å². The maximum atomic E-state index is 13.8. The number of benzene rings is 1. The topological polar surface area (TPSA) is 42.0 Å². The van der Waals surface area contributed by atoms with Crippen LogP contribution in [-0.4, -0.2) is 10.9 Å². The third kappa shape index (κ3) is 3.50. The Labute approximate surface area is 153 Å². The van der Waals surface area contributed by atoms with E-state index in [4.69, 9.17) is 0 Å². The van der Waals surface area contributed by atoms with E-state index in [0.717, 1.165) is 29.7 Å². The number of fused-ring (bicyclic) bond motifs is 1. The van der Waals surface area contributed by atoms with Gasteiger partial charge in [0.05, 0.1) is 5.56 Å². The molecule has 0 atom stereocenters. The van der Waals surface area contributed by atoms with E-state index in [2.05, 4.69) is 10.3 Å². The van der Waals surface area contributed by atoms with Crippen molar-refractivity contribution in [3.8, 4) is 0 Å². The predicted octanol–water partition coefficient (Wildman–Crippen LogP) is 5.07. The highest BCUT2D eigenvalue weighted by Gasteiger charge is 2.20. The van der Waals surface area contributed by atoms with E-state index < -0.39 is 0 Å². The SMILES string of the molecule is O=C(Nc1ncc(Cc2ccccc2F)s1)c1csc2c1CCCC2. The fraction of sp³-hybridized carbons (Fsp3) is 0.263. The number of nitrogens with zero attached hydrogens (tertiary/aromatic N) is 1. The number of amides is 1. The molecule has 2 heterocycles. The molecule has 0 spiro atoms. The number of thiazole rings is 1. The van der Waals surface area contributed by atoms with Crippen LogP contribution < -0.4 is 5.32 Å². The van der Waals surface area contributed by atoms with E-state index in [0.29, 0.717) is 17.1 Å². The number of aromatic nitrogens is 1. The Bertz CT molecular complexity index is 916. The largest absolute Gasteiger partial charge is 0.298 e. The average Bonchev–Trinajstić information content (AvgIpc) is 3.23. The zero-order valence-corrected chi connectivity index (χ0v) is 15.2. The molecule has 3 nitrogen and oxygen atoms in total. The molecular formula is C19H17FN2OS2. The van der Waals surface area contributed by atoms with Crippen molar-refractivity contribution >= 4 is 33.7 Å². The highest BCUT2D eigenvalue weighted by atomic mass is 32.1. The van der Waals surface area contributed by atoms with Gasteiger partial charge >= 0.3 is 0 Å². The molecule has 25 heavy (non-hydrogen) atoms. The normalized spacial score (nSPS) is 13.5. The smallest absolute Gasteiger partial charge is 0.258 e. The van der Waals surface area contributed by atoms with E-state index in [1.807, 2.05) is 11.4 Å². The average molecular weight is 372 g/mol. The summed E-state index contributed by atoms with van der Waals surface area (Å²) in [7, 11) is 0. The molecular weight excluding hydrogens is 355 g/mol. The molecule has 1 aromatic carbocycles. The van der Waals surface area contributed by atoms with Crippen molar-refractivity contribution in [3.63, 3.8) is 0 Å². The number of hydrogen-bond donors (Lipinski definition) is 1. The van der Waals surface area contributed by atoms with Gasteiger partial charge in [0.1, 0.15) is 5.82 Å². The van der Waals surface area contributed by atoms with Gasteiger partial charge < -0.3 is 0 Å². The van der Waals surface area contributed by atoms with Gasteiger partial charge in [0.15, 0.2) is 5.13 Å². The van der Waals surface area contributed by atoms with E-state index in [1.54, 1.807) is 29.7 Å². The van der Waals surface area contributed by atoms with Gasteiger partial charge in [-0.25, -0.2) is 9.37 Å². The minimum absolute atomic E-state index is 0.0915. The molecule has 1 aliphatic rings. The molecule has 0 aliphatic heterocycles. The first-order valence-electron chi connectivity index (χ1n) is 8.29. The first-order valence-corrected chi connectivity index (χ1v) is 9.99. The Morgan fingerprint density at radius 2 is 2.08 bits per heavy atom. The number of thiophene rings is 1. The van der Waals surface area contributed by atoms with Crippen molar-refractivity contribution < 1.29 is 9.18 Å². The van der Waals surface area contributed by atoms with Crippen molar-refractivity contribution in [1.29, 1.82) is 0 Å². The molecule has 0 bridgehead atoms. The number of nitrogens with one attached hydrogen (secondary N) is 1. The lowest BCUT2D eigenvalue weighted by Gasteiger charge is -2.12. The summed E-state index contributed by atoms with van der Waals surface area (Å²) in [6.07, 6.45) is 6.60. The Morgan fingerprint density at radius 3 is 2.96 bits per heavy atom. The quantitative estimate of drug-likeness (QED) is 0.695. The minimum atomic E-state index is -0.216. The highest BCUT2D eigenvalue weighted by molar-refractivity contribution is 7.15. The lowest BCUT2D eigenvalue weighted by Crippen LogP contribution is -2.14. The van der Waals surface area contributed by atoms with Crippen molar-refractivity contribution in [2.45, 2.75) is 32.1 Å². The van der Waals surface area contributed by atoms with E-state index >= 15 is 0 Å². The second-order valence-electron chi connectivity index (χ2n) is 6.11. The van der Waals surface area contributed by atoms with Gasteiger partial charge in [0.25, 0.3) is 5.91 Å². The zero-order chi connectivity index (χ0) is 17.2. The highest BCUT2D eigenvalue weighted by Crippen LogP contribution is 2.31. The number of rotatable bonds is 4. The molecule has 6 heteroatoms. The van der Waals surface area contributed by atoms with Crippen LogP contribution in [0.2, 0.25) is 0 Å². The minimum Gasteiger partial charge on any atom is -0.298 e. The monoisotopic (exact) mass is 372 g/mol. The molecule has 1 amide bonds. The molecule has 0 fully saturated rings. The number of hydrogen-bond acceptors (Lipinski definition) is 4. The molecule has 0 saturated heterocycles. The van der Waals surface area contributed by atoms with E-state index in [1.165, 1.54) is 34.3 Å². The summed E-state index contributed by atoms with van der Waals surface area (Å²) in [6, 6.07) is 6.73. The van der Waals surface area contributed by atoms with Crippen LogP contribution in [0.5, 0.6) is 0 Å². The Kier molecular flexibility index (Phi) is 4.63. The molecule has 3 aromatic rings. The number of anilines is 1. The van der Waals surface area contributed by atoms with Crippen molar-refractivity contribution in [3.05, 3.63) is 68.1 Å². The first-order chi connectivity index (χ1) is 12.2. The number of carbonyl (C=O) groups is 1. The molecule has 1 aliphatic carbocycles. The predicted molar refractivity (Wildman–Crippen MR) is 100 cm³/mol. The fourth-order valence-corrected chi connectivity index (χ4v) is 5.08. The zero-order valence-electron chi connectivity index (χ0n) is 13.5. The second-order valence-corrected chi connectivity index (χ2v) is 8.19. The summed E-state index contributed by atoms with van der Waals surface area (Å²) < 4.78 is 13.8. The number of carbonyl (C=O) groups excluding carboxylic acids is 1. The van der Waals surface area contributed by atoms with Crippen LogP contribution >= 0.6 is 22.7 Å². The summed E-state index contributed by atoms with van der Waals surface area (Å²) in [4.78, 5) is 19.1. The Hall–Kier alpha value is -2.05. The van der Waals surface area contributed by atoms with Crippen molar-refractivity contribution in [2.24, 2.45) is 0 Å². The lowest BCUT2D eigenvalue weighted by atomic mass is 9.96. The second kappa shape index (κ2) is 7.06. The third-order valence-corrected chi connectivity index (χ3v) is 6.40. The third-order valence-electron chi connectivity index (χ3n) is 4.40. The molecule has 0 unspecified atom stereocenters. The van der Waals surface area contributed by atoms with Gasteiger partial charge in [-0.1, -0.05) is 18.2 Å². The van der Waals surface area contributed by atoms with Gasteiger partial charge in [0, 0.05) is 27.8 Å². The van der Waals surface area contributed by atoms with Crippen molar-refractivity contribution in [2.75, 3.05) is 5.32 Å². The maximum Gasteiger partial charge on any atom is 0.258 e. The summed E-state index contributed by atoms with van der Waals surface area (Å²) >= 11 is 3.07. The number of halogens is 1. The van der Waals surface area contributed by atoms with Gasteiger partial charge in [-0.05, 0) is 42.9 Å². The van der Waals surface area contributed by atoms with Gasteiger partial charge in [-0.2, -0.15) is 0 Å². The van der Waals surface area contributed by atoms with E-state index in [-0.39, 0.29) is 11.7 Å². The first kappa shape index (κ1) is 16.4. The fourth-order valence-electron chi connectivity index (χ4n) is 3.13. The van der Waals surface area contributed by atoms with Crippen LogP contribution in [0, 0.1) is 5.82 Å². The molecule has 0 radical (unpaired) electrons. The Balaban J connectivity index is 1.47. The van der Waals surface area contributed by atoms with Crippen LogP contribution in [0.25, 0.3) is 0 Å². The summed E-state index contributed by atoms with van der Waals surface area (Å²) in [5.74, 6) is -0.308. The maximum absolute atomic E-state index is 13.8. The molecule has 0 saturated carbocycles. The van der Waals surface area contributed by atoms with E-state index in [9.17, 15) is 9.18 Å². The Morgan fingerprint density at radius 1 is 1.24 bits per heavy atom. The molecule has 4 rings (SSSR count). The van der Waals surface area contributed by atoms with Crippen LogP contribution in [0.4, 0.5) is 9.52 Å². The standard InChI is InChI=1S/C19H17FN2OS2/c20-16-7-3-1-5-12(16)9-13-10-21-19(25-13)22-18(23)15-11-24-17-8-4-2-6-14(15)17/h1,3,5,7,10-11H,2,4,6,8-9H2,(H,21,22,23). The summed E-state index contributed by atoms with van der Waals surface area (Å²) in [5, 5.41) is 5.42. The van der Waals surface area contributed by atoms with Gasteiger partial charge in [-0.15, -0.1) is 22.7 Å². The summed E-state index contributed by atoms with van der Waals surface area (Å²) in [5.41, 5.74) is 2.62. The molecule has 1 N–H and O–H groups in total. The number of aryl methyl sites for hydroxylation is 1. The van der Waals surface area contributed by atoms with Crippen LogP contribution in [-0.2, 0) is 19.3 Å². The van der Waals surface area contributed by atoms with Crippen LogP contribution in [0.3, 0.4) is 0 Å². The van der Waals surface area contributed by atoms with Crippen LogP contribution in [0.1, 0.15) is 44.1 Å². The molecule has 2 aromatic heterocycles.